The molecule has 2 aliphatic heterocycles. The van der Waals surface area contributed by atoms with Crippen LogP contribution in [-0.4, -0.2) is 97.5 Å². The number of aliphatic hydroxyl groups is 1. The molecule has 1 aromatic carbocycles. The van der Waals surface area contributed by atoms with Gasteiger partial charge in [-0.2, -0.15) is 4.98 Å². The van der Waals surface area contributed by atoms with E-state index in [2.05, 4.69) is 33.8 Å². The summed E-state index contributed by atoms with van der Waals surface area (Å²) in [6.45, 7) is 5.09. The highest BCUT2D eigenvalue weighted by Gasteiger charge is 2.30. The molecule has 5 heterocycles. The van der Waals surface area contributed by atoms with Gasteiger partial charge in [-0.15, -0.1) is 0 Å². The zero-order chi connectivity index (χ0) is 32.2. The number of aldehydes is 1. The molecule has 2 saturated heterocycles. The Balaban J connectivity index is 0.00000196. The van der Waals surface area contributed by atoms with E-state index in [4.69, 9.17) is 31.2 Å². The number of carbonyl (C=O) groups is 1. The third kappa shape index (κ3) is 6.47. The van der Waals surface area contributed by atoms with Crippen molar-refractivity contribution in [2.75, 3.05) is 64.4 Å². The number of nitrogens with zero attached hydrogens (tertiary/aromatic N) is 6. The number of anilines is 2. The molecule has 12 heteroatoms. The zero-order valence-electron chi connectivity index (χ0n) is 26.2. The lowest BCUT2D eigenvalue weighted by molar-refractivity contribution is 0.112. The maximum Gasteiger partial charge on any atom is 0.235 e. The van der Waals surface area contributed by atoms with Crippen LogP contribution in [0.2, 0.25) is 5.02 Å². The van der Waals surface area contributed by atoms with E-state index in [1.54, 1.807) is 31.6 Å². The van der Waals surface area contributed by atoms with Crippen LogP contribution in [0.25, 0.3) is 16.6 Å². The molecule has 3 aromatic heterocycles. The molecule has 238 valence electrons. The summed E-state index contributed by atoms with van der Waals surface area (Å²) in [5.74, 6) is 1.68. The lowest BCUT2D eigenvalue weighted by Gasteiger charge is -2.43. The van der Waals surface area contributed by atoms with Gasteiger partial charge in [0.05, 0.1) is 36.1 Å². The molecular weight excluding hydrogens is 596 g/mol. The van der Waals surface area contributed by atoms with Crippen molar-refractivity contribution >= 4 is 40.3 Å². The average Bonchev–Trinajstić information content (AvgIpc) is 3.50. The van der Waals surface area contributed by atoms with Crippen LogP contribution in [0.4, 0.5) is 11.5 Å². The predicted octanol–water partition coefficient (Wildman–Crippen LogP) is 3.97. The summed E-state index contributed by atoms with van der Waals surface area (Å²) < 4.78 is 13.2. The van der Waals surface area contributed by atoms with Crippen LogP contribution in [0.3, 0.4) is 0 Å². The first-order chi connectivity index (χ1) is 21.8. The monoisotopic (exact) mass is 634 g/mol. The number of methoxy groups -OCH3 is 1. The van der Waals surface area contributed by atoms with Crippen LogP contribution in [0.5, 0.6) is 11.8 Å². The minimum Gasteiger partial charge on any atom is -0.481 e. The van der Waals surface area contributed by atoms with Gasteiger partial charge in [-0.05, 0) is 69.8 Å². The van der Waals surface area contributed by atoms with Gasteiger partial charge in [0.2, 0.25) is 11.8 Å². The van der Waals surface area contributed by atoms with E-state index >= 15 is 0 Å². The molecular formula is C33H39ClN6O5. The van der Waals surface area contributed by atoms with Crippen LogP contribution in [0, 0.1) is 6.92 Å². The van der Waals surface area contributed by atoms with Crippen molar-refractivity contribution in [2.45, 2.75) is 31.8 Å². The molecule has 0 radical (unpaired) electrons. The Hall–Kier alpha value is -4.19. The van der Waals surface area contributed by atoms with Gasteiger partial charge in [-0.25, -0.2) is 4.98 Å². The van der Waals surface area contributed by atoms with Crippen molar-refractivity contribution in [3.63, 3.8) is 0 Å². The SMILES string of the molecule is CO.COc1ccc(Cl)c(OCC2CCCN2c2cc3c(cc2C)c(=O)c(C=O)cn3-c2ccc(N3CC(N(C)C)C3)nc2)n1. The first-order valence-electron chi connectivity index (χ1n) is 14.8. The van der Waals surface area contributed by atoms with Crippen LogP contribution < -0.4 is 24.7 Å². The van der Waals surface area contributed by atoms with Gasteiger partial charge in [0.25, 0.3) is 0 Å². The molecule has 4 aromatic rings. The van der Waals surface area contributed by atoms with Crippen LogP contribution >= 0.6 is 11.6 Å². The Morgan fingerprint density at radius 1 is 1.16 bits per heavy atom. The Morgan fingerprint density at radius 3 is 2.60 bits per heavy atom. The van der Waals surface area contributed by atoms with Gasteiger partial charge < -0.3 is 33.8 Å². The Bertz CT molecular complexity index is 1720. The van der Waals surface area contributed by atoms with Gasteiger partial charge in [0.1, 0.15) is 17.4 Å². The first-order valence-corrected chi connectivity index (χ1v) is 15.2. The van der Waals surface area contributed by atoms with Crippen LogP contribution in [0.1, 0.15) is 28.8 Å². The standard InChI is InChI=1S/C32H35ClN6O4.CH4O/c1-20-12-25-28(13-27(20)38-11-5-6-23(38)19-43-32-26(33)8-10-30(35-32)42-4)39(15-21(18-40)31(25)41)22-7-9-29(34-14-22)37-16-24(17-37)36(2)3;1-2/h7-10,12-15,18,23-24H,5-6,11,16-17,19H2,1-4H3;2H,1H3. The van der Waals surface area contributed by atoms with Gasteiger partial charge in [0.15, 0.2) is 11.7 Å². The fourth-order valence-electron chi connectivity index (χ4n) is 5.90. The van der Waals surface area contributed by atoms with Crippen molar-refractivity contribution in [3.8, 4) is 17.4 Å². The maximum atomic E-state index is 13.3. The highest BCUT2D eigenvalue weighted by atomic mass is 35.5. The molecule has 45 heavy (non-hydrogen) atoms. The second kappa shape index (κ2) is 13.8. The second-order valence-electron chi connectivity index (χ2n) is 11.4. The molecule has 11 nitrogen and oxygen atoms in total. The number of aryl methyl sites for hydroxylation is 1. The average molecular weight is 635 g/mol. The van der Waals surface area contributed by atoms with E-state index in [-0.39, 0.29) is 17.0 Å². The third-order valence-corrected chi connectivity index (χ3v) is 8.79. The van der Waals surface area contributed by atoms with Gasteiger partial charge >= 0.3 is 0 Å². The van der Waals surface area contributed by atoms with E-state index in [0.717, 1.165) is 62.3 Å². The molecule has 0 aliphatic carbocycles. The number of benzene rings is 1. The smallest absolute Gasteiger partial charge is 0.235 e. The highest BCUT2D eigenvalue weighted by Crippen LogP contribution is 2.34. The summed E-state index contributed by atoms with van der Waals surface area (Å²) in [5, 5.41) is 7.92. The number of pyridine rings is 3. The summed E-state index contributed by atoms with van der Waals surface area (Å²) in [6, 6.07) is 11.9. The first kappa shape index (κ1) is 32.2. The fourth-order valence-corrected chi connectivity index (χ4v) is 6.06. The van der Waals surface area contributed by atoms with Crippen molar-refractivity contribution < 1.29 is 19.4 Å². The summed E-state index contributed by atoms with van der Waals surface area (Å²) in [7, 11) is 6.73. The van der Waals surface area contributed by atoms with E-state index in [9.17, 15) is 9.59 Å². The number of aromatic nitrogens is 3. The minimum atomic E-state index is -0.282. The fraction of sp³-hybridized carbons (Fsp3) is 0.394. The third-order valence-electron chi connectivity index (χ3n) is 8.50. The quantitative estimate of drug-likeness (QED) is 0.271. The molecule has 0 spiro atoms. The zero-order valence-corrected chi connectivity index (χ0v) is 27.0. The Labute approximate surface area is 267 Å². The van der Waals surface area contributed by atoms with E-state index in [1.807, 2.05) is 35.8 Å². The van der Waals surface area contributed by atoms with Gasteiger partial charge in [-0.3, -0.25) is 9.59 Å². The lowest BCUT2D eigenvalue weighted by atomic mass is 10.0. The summed E-state index contributed by atoms with van der Waals surface area (Å²) in [4.78, 5) is 41.0. The molecule has 1 N–H and O–H groups in total. The largest absolute Gasteiger partial charge is 0.481 e. The number of hydrogen-bond donors (Lipinski definition) is 1. The molecule has 1 atom stereocenters. The number of ether oxygens (including phenoxy) is 2. The predicted molar refractivity (Wildman–Crippen MR) is 177 cm³/mol. The lowest BCUT2D eigenvalue weighted by Crippen LogP contribution is -2.57. The highest BCUT2D eigenvalue weighted by molar-refractivity contribution is 6.31. The summed E-state index contributed by atoms with van der Waals surface area (Å²) >= 11 is 6.33. The summed E-state index contributed by atoms with van der Waals surface area (Å²) in [6.07, 6.45) is 5.97. The number of rotatable bonds is 9. The van der Waals surface area contributed by atoms with Crippen LogP contribution in [0.15, 0.2) is 53.6 Å². The van der Waals surface area contributed by atoms with Crippen molar-refractivity contribution in [1.29, 1.82) is 0 Å². The van der Waals surface area contributed by atoms with Gasteiger partial charge in [0, 0.05) is 56.1 Å². The minimum absolute atomic E-state index is 0.0816. The normalized spacial score (nSPS) is 16.4. The molecule has 0 saturated carbocycles. The molecule has 0 amide bonds. The molecule has 2 aliphatic rings. The molecule has 0 bridgehead atoms. The number of hydrogen-bond acceptors (Lipinski definition) is 10. The summed E-state index contributed by atoms with van der Waals surface area (Å²) in [5.41, 5.74) is 3.27. The Morgan fingerprint density at radius 2 is 1.93 bits per heavy atom. The topological polar surface area (TPSA) is 113 Å². The van der Waals surface area contributed by atoms with Crippen LogP contribution in [-0.2, 0) is 0 Å². The molecule has 2 fully saturated rings. The maximum absolute atomic E-state index is 13.3. The Kier molecular flexibility index (Phi) is 9.91. The van der Waals surface area contributed by atoms with Crippen molar-refractivity contribution in [2.24, 2.45) is 0 Å². The van der Waals surface area contributed by atoms with Crippen molar-refractivity contribution in [3.05, 3.63) is 75.2 Å². The second-order valence-corrected chi connectivity index (χ2v) is 11.8. The van der Waals surface area contributed by atoms with Gasteiger partial charge in [-0.1, -0.05) is 11.6 Å². The number of fused-ring (bicyclic) bond motifs is 1. The molecule has 6 rings (SSSR count). The van der Waals surface area contributed by atoms with E-state index in [0.29, 0.717) is 46.6 Å². The van der Waals surface area contributed by atoms with E-state index in [1.165, 1.54) is 0 Å². The molecule has 1 unspecified atom stereocenters. The number of likely N-dealkylation sites (N-methyl/N-ethyl adjacent to an activating group) is 1. The number of halogens is 1. The number of carbonyl (C=O) groups excluding carboxylic acids is 1. The van der Waals surface area contributed by atoms with Crippen molar-refractivity contribution in [1.82, 2.24) is 19.4 Å². The van der Waals surface area contributed by atoms with E-state index < -0.39 is 0 Å². The number of aliphatic hydroxyl groups excluding tert-OH is 1.